The molecule has 0 saturated heterocycles. The van der Waals surface area contributed by atoms with Crippen LogP contribution in [0.1, 0.15) is 19.4 Å². The molecular weight excluding hydrogens is 220 g/mol. The van der Waals surface area contributed by atoms with Crippen molar-refractivity contribution in [3.8, 4) is 6.07 Å². The lowest BCUT2D eigenvalue weighted by molar-refractivity contribution is 0.529. The Morgan fingerprint density at radius 1 is 1.11 bits per heavy atom. The van der Waals surface area contributed by atoms with Gasteiger partial charge in [0.25, 0.3) is 0 Å². The summed E-state index contributed by atoms with van der Waals surface area (Å²) >= 11 is 0. The monoisotopic (exact) mass is 238 g/mol. The van der Waals surface area contributed by atoms with Gasteiger partial charge in [-0.2, -0.15) is 5.26 Å². The van der Waals surface area contributed by atoms with Gasteiger partial charge in [-0.1, -0.05) is 29.8 Å². The molecule has 92 valence electrons. The van der Waals surface area contributed by atoms with Gasteiger partial charge < -0.3 is 5.32 Å². The van der Waals surface area contributed by atoms with Crippen molar-refractivity contribution in [2.75, 3.05) is 11.9 Å². The van der Waals surface area contributed by atoms with Crippen LogP contribution in [0.25, 0.3) is 10.8 Å². The minimum atomic E-state index is -0.345. The van der Waals surface area contributed by atoms with E-state index < -0.39 is 0 Å². The highest BCUT2D eigenvalue weighted by Crippen LogP contribution is 2.22. The molecular formula is C16H18N2. The van der Waals surface area contributed by atoms with Crippen LogP contribution in [0.5, 0.6) is 0 Å². The first-order chi connectivity index (χ1) is 8.50. The van der Waals surface area contributed by atoms with Gasteiger partial charge >= 0.3 is 0 Å². The second kappa shape index (κ2) is 4.70. The van der Waals surface area contributed by atoms with Gasteiger partial charge in [-0.3, -0.25) is 0 Å². The number of fused-ring (bicyclic) bond motifs is 1. The van der Waals surface area contributed by atoms with Crippen LogP contribution in [-0.2, 0) is 0 Å². The van der Waals surface area contributed by atoms with Gasteiger partial charge in [-0.25, -0.2) is 0 Å². The van der Waals surface area contributed by atoms with Crippen LogP contribution in [0.3, 0.4) is 0 Å². The molecule has 0 heterocycles. The summed E-state index contributed by atoms with van der Waals surface area (Å²) in [7, 11) is 0. The molecule has 0 unspecified atom stereocenters. The van der Waals surface area contributed by atoms with E-state index in [9.17, 15) is 0 Å². The Hall–Kier alpha value is -2.01. The number of aryl methyl sites for hydroxylation is 1. The van der Waals surface area contributed by atoms with Gasteiger partial charge in [0.1, 0.15) is 0 Å². The van der Waals surface area contributed by atoms with Crippen LogP contribution in [0.2, 0.25) is 0 Å². The number of hydrogen-bond acceptors (Lipinski definition) is 2. The molecule has 2 aromatic rings. The molecule has 2 aromatic carbocycles. The number of anilines is 1. The molecule has 0 atom stereocenters. The van der Waals surface area contributed by atoms with Crippen molar-refractivity contribution in [3.63, 3.8) is 0 Å². The fourth-order valence-electron chi connectivity index (χ4n) is 1.84. The Kier molecular flexibility index (Phi) is 3.25. The van der Waals surface area contributed by atoms with Crippen molar-refractivity contribution >= 4 is 16.5 Å². The Morgan fingerprint density at radius 3 is 2.50 bits per heavy atom. The minimum absolute atomic E-state index is 0.345. The van der Waals surface area contributed by atoms with Crippen molar-refractivity contribution in [2.24, 2.45) is 5.41 Å². The lowest BCUT2D eigenvalue weighted by Gasteiger charge is -2.17. The Morgan fingerprint density at radius 2 is 1.78 bits per heavy atom. The van der Waals surface area contributed by atoms with E-state index in [2.05, 4.69) is 54.7 Å². The van der Waals surface area contributed by atoms with E-state index in [0.717, 1.165) is 5.69 Å². The SMILES string of the molecule is Cc1ccc2cc(NCC(C)(C)C#N)ccc2c1. The highest BCUT2D eigenvalue weighted by molar-refractivity contribution is 5.86. The van der Waals surface area contributed by atoms with Gasteiger partial charge in [0.2, 0.25) is 0 Å². The van der Waals surface area contributed by atoms with Crippen molar-refractivity contribution in [1.29, 1.82) is 5.26 Å². The maximum absolute atomic E-state index is 8.98. The third kappa shape index (κ3) is 2.81. The maximum atomic E-state index is 8.98. The van der Waals surface area contributed by atoms with E-state index in [1.165, 1.54) is 16.3 Å². The number of benzene rings is 2. The van der Waals surface area contributed by atoms with Crippen LogP contribution in [0.15, 0.2) is 36.4 Å². The van der Waals surface area contributed by atoms with Gasteiger partial charge in [-0.05, 0) is 43.7 Å². The third-order valence-electron chi connectivity index (χ3n) is 3.03. The topological polar surface area (TPSA) is 35.8 Å². The minimum Gasteiger partial charge on any atom is -0.383 e. The molecule has 0 radical (unpaired) electrons. The summed E-state index contributed by atoms with van der Waals surface area (Å²) in [6.07, 6.45) is 0. The molecule has 0 aliphatic rings. The van der Waals surface area contributed by atoms with Gasteiger partial charge in [0, 0.05) is 12.2 Å². The van der Waals surface area contributed by atoms with Crippen molar-refractivity contribution < 1.29 is 0 Å². The van der Waals surface area contributed by atoms with E-state index in [1.54, 1.807) is 0 Å². The summed E-state index contributed by atoms with van der Waals surface area (Å²) in [5.41, 5.74) is 1.99. The molecule has 0 aliphatic carbocycles. The molecule has 2 heteroatoms. The molecule has 0 amide bonds. The molecule has 0 saturated carbocycles. The zero-order valence-electron chi connectivity index (χ0n) is 11.1. The van der Waals surface area contributed by atoms with E-state index in [0.29, 0.717) is 6.54 Å². The average molecular weight is 238 g/mol. The van der Waals surface area contributed by atoms with E-state index >= 15 is 0 Å². The molecule has 0 aromatic heterocycles. The lowest BCUT2D eigenvalue weighted by Crippen LogP contribution is -2.20. The van der Waals surface area contributed by atoms with Crippen LogP contribution >= 0.6 is 0 Å². The van der Waals surface area contributed by atoms with Crippen LogP contribution < -0.4 is 5.32 Å². The summed E-state index contributed by atoms with van der Waals surface area (Å²) in [4.78, 5) is 0. The van der Waals surface area contributed by atoms with Crippen molar-refractivity contribution in [1.82, 2.24) is 0 Å². The Bertz CT molecular complexity index is 606. The Labute approximate surface area is 108 Å². The molecule has 18 heavy (non-hydrogen) atoms. The summed E-state index contributed by atoms with van der Waals surface area (Å²) in [5, 5.41) is 14.8. The Balaban J connectivity index is 2.21. The first-order valence-electron chi connectivity index (χ1n) is 6.16. The summed E-state index contributed by atoms with van der Waals surface area (Å²) in [5.74, 6) is 0. The number of nitrogens with zero attached hydrogens (tertiary/aromatic N) is 1. The van der Waals surface area contributed by atoms with E-state index in [1.807, 2.05) is 13.8 Å². The molecule has 0 bridgehead atoms. The second-order valence-electron chi connectivity index (χ2n) is 5.41. The fraction of sp³-hybridized carbons (Fsp3) is 0.312. The van der Waals surface area contributed by atoms with Gasteiger partial charge in [-0.15, -0.1) is 0 Å². The second-order valence-corrected chi connectivity index (χ2v) is 5.41. The van der Waals surface area contributed by atoms with E-state index in [-0.39, 0.29) is 5.41 Å². The molecule has 2 rings (SSSR count). The van der Waals surface area contributed by atoms with Crippen molar-refractivity contribution in [2.45, 2.75) is 20.8 Å². The predicted molar refractivity (Wildman–Crippen MR) is 76.6 cm³/mol. The average Bonchev–Trinajstić information content (AvgIpc) is 2.36. The number of nitrogens with one attached hydrogen (secondary N) is 1. The largest absolute Gasteiger partial charge is 0.383 e. The normalized spacial score (nSPS) is 11.2. The van der Waals surface area contributed by atoms with Gasteiger partial charge in [0.05, 0.1) is 11.5 Å². The molecule has 0 spiro atoms. The molecule has 0 aliphatic heterocycles. The summed E-state index contributed by atoms with van der Waals surface area (Å²) in [6, 6.07) is 15.0. The zero-order valence-corrected chi connectivity index (χ0v) is 11.1. The predicted octanol–water partition coefficient (Wildman–Crippen LogP) is 4.11. The highest BCUT2D eigenvalue weighted by Gasteiger charge is 2.15. The smallest absolute Gasteiger partial charge is 0.0702 e. The molecule has 0 fully saturated rings. The van der Waals surface area contributed by atoms with Gasteiger partial charge in [0.15, 0.2) is 0 Å². The quantitative estimate of drug-likeness (QED) is 0.873. The van der Waals surface area contributed by atoms with Crippen LogP contribution in [0, 0.1) is 23.7 Å². The maximum Gasteiger partial charge on any atom is 0.0702 e. The first kappa shape index (κ1) is 12.4. The fourth-order valence-corrected chi connectivity index (χ4v) is 1.84. The standard InChI is InChI=1S/C16H18N2/c1-12-4-5-14-9-15(7-6-13(14)8-12)18-11-16(2,3)10-17/h4-9,18H,11H2,1-3H3. The molecule has 1 N–H and O–H groups in total. The first-order valence-corrected chi connectivity index (χ1v) is 6.16. The summed E-state index contributed by atoms with van der Waals surface area (Å²) in [6.45, 7) is 6.62. The highest BCUT2D eigenvalue weighted by atomic mass is 14.9. The number of rotatable bonds is 3. The summed E-state index contributed by atoms with van der Waals surface area (Å²) < 4.78 is 0. The third-order valence-corrected chi connectivity index (χ3v) is 3.03. The number of nitriles is 1. The zero-order chi connectivity index (χ0) is 13.2. The van der Waals surface area contributed by atoms with Crippen LogP contribution in [-0.4, -0.2) is 6.54 Å². The van der Waals surface area contributed by atoms with E-state index in [4.69, 9.17) is 5.26 Å². The van der Waals surface area contributed by atoms with Crippen molar-refractivity contribution in [3.05, 3.63) is 42.0 Å². The number of hydrogen-bond donors (Lipinski definition) is 1. The van der Waals surface area contributed by atoms with Crippen LogP contribution in [0.4, 0.5) is 5.69 Å². The molecule has 2 nitrogen and oxygen atoms in total. The lowest BCUT2D eigenvalue weighted by atomic mass is 9.96.